The topological polar surface area (TPSA) is 145 Å². The van der Waals surface area contributed by atoms with Crippen molar-refractivity contribution in [1.82, 2.24) is 15.5 Å². The number of primary sulfonamides is 1. The maximum absolute atomic E-state index is 12.2. The van der Waals surface area contributed by atoms with Crippen LogP contribution in [0.4, 0.5) is 5.82 Å². The third kappa shape index (κ3) is 6.22. The summed E-state index contributed by atoms with van der Waals surface area (Å²) in [5.41, 5.74) is 0.864. The minimum atomic E-state index is -3.74. The number of rotatable bonds is 8. The Morgan fingerprint density at radius 2 is 1.81 bits per heavy atom. The molecule has 0 radical (unpaired) electrons. The monoisotopic (exact) mass is 447 g/mol. The van der Waals surface area contributed by atoms with Crippen LogP contribution in [-0.4, -0.2) is 56.2 Å². The summed E-state index contributed by atoms with van der Waals surface area (Å²) in [5, 5.41) is 15.7. The molecule has 0 saturated carbocycles. The summed E-state index contributed by atoms with van der Waals surface area (Å²) >= 11 is 0. The predicted octanol–water partition coefficient (Wildman–Crippen LogP) is 0.628. The van der Waals surface area contributed by atoms with Crippen molar-refractivity contribution in [1.29, 1.82) is 0 Å². The van der Waals surface area contributed by atoms with Gasteiger partial charge in [-0.3, -0.25) is 4.79 Å². The third-order valence-corrected chi connectivity index (χ3v) is 5.84. The number of amides is 1. The fourth-order valence-electron chi connectivity index (χ4n) is 3.14. The molecule has 1 aliphatic rings. The molecule has 1 saturated heterocycles. The third-order valence-electron chi connectivity index (χ3n) is 4.91. The van der Waals surface area contributed by atoms with Gasteiger partial charge in [-0.25, -0.2) is 18.4 Å². The number of nitrogens with zero attached hydrogens (tertiary/aromatic N) is 3. The van der Waals surface area contributed by atoms with Crippen molar-refractivity contribution in [3.05, 3.63) is 47.7 Å². The van der Waals surface area contributed by atoms with Gasteiger partial charge < -0.3 is 15.0 Å². The van der Waals surface area contributed by atoms with Gasteiger partial charge in [-0.1, -0.05) is 12.1 Å². The average molecular weight is 448 g/mol. The molecule has 1 fully saturated rings. The molecule has 1 aliphatic heterocycles. The van der Waals surface area contributed by atoms with E-state index in [1.807, 2.05) is 0 Å². The summed E-state index contributed by atoms with van der Waals surface area (Å²) in [4.78, 5) is 26.5. The number of hydrogen-bond donors (Lipinski definition) is 2. The van der Waals surface area contributed by atoms with Crippen LogP contribution in [0.25, 0.3) is 0 Å². The number of nitrogens with one attached hydrogen (secondary N) is 1. The number of hydrogen-bond acceptors (Lipinski definition) is 8. The maximum atomic E-state index is 12.2. The molecule has 31 heavy (non-hydrogen) atoms. The van der Waals surface area contributed by atoms with E-state index in [1.165, 1.54) is 19.1 Å². The van der Waals surface area contributed by atoms with Gasteiger partial charge in [0.05, 0.1) is 4.90 Å². The van der Waals surface area contributed by atoms with E-state index in [4.69, 9.17) is 9.88 Å². The van der Waals surface area contributed by atoms with Gasteiger partial charge in [0.1, 0.15) is 0 Å². The highest BCUT2D eigenvalue weighted by Gasteiger charge is 2.21. The van der Waals surface area contributed by atoms with Gasteiger partial charge in [-0.05, 0) is 56.0 Å². The largest absolute Gasteiger partial charge is 0.448 e. The molecule has 166 valence electrons. The molecule has 0 spiro atoms. The van der Waals surface area contributed by atoms with Crippen LogP contribution < -0.4 is 15.4 Å². The first kappa shape index (κ1) is 22.6. The molecule has 1 aromatic heterocycles. The fraction of sp³-hybridized carbons (Fsp3) is 0.400. The highest BCUT2D eigenvalue weighted by molar-refractivity contribution is 7.89. The van der Waals surface area contributed by atoms with E-state index in [0.29, 0.717) is 13.0 Å². The van der Waals surface area contributed by atoms with E-state index in [9.17, 15) is 18.0 Å². The molecule has 0 aliphatic carbocycles. The summed E-state index contributed by atoms with van der Waals surface area (Å²) in [5.74, 6) is -0.449. The van der Waals surface area contributed by atoms with E-state index < -0.39 is 28.0 Å². The Morgan fingerprint density at radius 3 is 2.39 bits per heavy atom. The Hall–Kier alpha value is -3.05. The van der Waals surface area contributed by atoms with E-state index in [1.54, 1.807) is 24.3 Å². The lowest BCUT2D eigenvalue weighted by Crippen LogP contribution is -2.37. The zero-order valence-corrected chi connectivity index (χ0v) is 18.0. The molecule has 0 bridgehead atoms. The molecular weight excluding hydrogens is 422 g/mol. The molecule has 1 aromatic carbocycles. The van der Waals surface area contributed by atoms with E-state index >= 15 is 0 Å². The highest BCUT2D eigenvalue weighted by atomic mass is 32.2. The first-order chi connectivity index (χ1) is 14.7. The van der Waals surface area contributed by atoms with Gasteiger partial charge >= 0.3 is 5.97 Å². The van der Waals surface area contributed by atoms with Gasteiger partial charge in [0.15, 0.2) is 17.6 Å². The van der Waals surface area contributed by atoms with Gasteiger partial charge in [-0.15, -0.1) is 10.2 Å². The number of anilines is 1. The van der Waals surface area contributed by atoms with Gasteiger partial charge in [0.25, 0.3) is 5.91 Å². The molecular formula is C20H25N5O5S. The lowest BCUT2D eigenvalue weighted by Gasteiger charge is -2.16. The summed E-state index contributed by atoms with van der Waals surface area (Å²) in [6, 6.07) is 9.33. The molecule has 2 heterocycles. The van der Waals surface area contributed by atoms with Crippen molar-refractivity contribution < 1.29 is 22.7 Å². The Balaban J connectivity index is 1.44. The molecule has 1 unspecified atom stereocenters. The van der Waals surface area contributed by atoms with Crippen molar-refractivity contribution in [2.24, 2.45) is 5.14 Å². The smallest absolute Gasteiger partial charge is 0.359 e. The number of carbonyl (C=O) groups excluding carboxylic acids is 2. The standard InChI is InChI=1S/C20H25N5O5S/c1-14(19(26)22-11-10-15-4-6-16(7-5-15)31(21,28)29)30-20(27)17-8-9-18(24-23-17)25-12-2-3-13-25/h4-9,14H,2-3,10-13H2,1H3,(H,22,26)(H2,21,28,29). The zero-order chi connectivity index (χ0) is 22.4. The van der Waals surface area contributed by atoms with Crippen molar-refractivity contribution in [3.63, 3.8) is 0 Å². The van der Waals surface area contributed by atoms with Gasteiger partial charge in [0.2, 0.25) is 10.0 Å². The van der Waals surface area contributed by atoms with Crippen LogP contribution in [0, 0.1) is 0 Å². The molecule has 10 nitrogen and oxygen atoms in total. The van der Waals surface area contributed by atoms with Crippen LogP contribution in [0.3, 0.4) is 0 Å². The molecule has 11 heteroatoms. The number of nitrogens with two attached hydrogens (primary N) is 1. The second kappa shape index (κ2) is 9.84. The molecule has 1 atom stereocenters. The van der Waals surface area contributed by atoms with E-state index in [2.05, 4.69) is 20.4 Å². The minimum Gasteiger partial charge on any atom is -0.448 e. The van der Waals surface area contributed by atoms with Gasteiger partial charge in [-0.2, -0.15) is 0 Å². The number of aromatic nitrogens is 2. The van der Waals surface area contributed by atoms with Crippen LogP contribution in [-0.2, 0) is 26.0 Å². The first-order valence-corrected chi connectivity index (χ1v) is 11.5. The SMILES string of the molecule is CC(OC(=O)c1ccc(N2CCCC2)nn1)C(=O)NCCc1ccc(S(N)(=O)=O)cc1. The second-order valence-corrected chi connectivity index (χ2v) is 8.81. The normalized spacial score (nSPS) is 14.8. The number of ether oxygens (including phenoxy) is 1. The van der Waals surface area contributed by atoms with Crippen LogP contribution in [0.15, 0.2) is 41.3 Å². The lowest BCUT2D eigenvalue weighted by atomic mass is 10.1. The molecule has 3 rings (SSSR count). The predicted molar refractivity (Wildman–Crippen MR) is 113 cm³/mol. The van der Waals surface area contributed by atoms with Crippen LogP contribution >= 0.6 is 0 Å². The molecule has 2 aromatic rings. The number of benzene rings is 1. The Kier molecular flexibility index (Phi) is 7.18. The average Bonchev–Trinajstić information content (AvgIpc) is 3.28. The van der Waals surface area contributed by atoms with Crippen molar-refractivity contribution in [3.8, 4) is 0 Å². The van der Waals surface area contributed by atoms with Crippen LogP contribution in [0.5, 0.6) is 0 Å². The summed E-state index contributed by atoms with van der Waals surface area (Å²) in [7, 11) is -3.74. The quantitative estimate of drug-likeness (QED) is 0.561. The van der Waals surface area contributed by atoms with Crippen molar-refractivity contribution in [2.75, 3.05) is 24.5 Å². The fourth-order valence-corrected chi connectivity index (χ4v) is 3.66. The molecule has 3 N–H and O–H groups in total. The first-order valence-electron chi connectivity index (χ1n) is 9.93. The lowest BCUT2D eigenvalue weighted by molar-refractivity contribution is -0.129. The number of sulfonamides is 1. The van der Waals surface area contributed by atoms with Crippen LogP contribution in [0.2, 0.25) is 0 Å². The summed E-state index contributed by atoms with van der Waals surface area (Å²) < 4.78 is 27.7. The van der Waals surface area contributed by atoms with Crippen molar-refractivity contribution in [2.45, 2.75) is 37.2 Å². The van der Waals surface area contributed by atoms with Crippen LogP contribution in [0.1, 0.15) is 35.8 Å². The highest BCUT2D eigenvalue weighted by Crippen LogP contribution is 2.17. The number of carbonyl (C=O) groups is 2. The zero-order valence-electron chi connectivity index (χ0n) is 17.2. The Labute approximate surface area is 180 Å². The summed E-state index contributed by atoms with van der Waals surface area (Å²) in [6.45, 7) is 3.61. The van der Waals surface area contributed by atoms with Crippen molar-refractivity contribution >= 4 is 27.7 Å². The minimum absolute atomic E-state index is 0.0254. The summed E-state index contributed by atoms with van der Waals surface area (Å²) in [6.07, 6.45) is 1.69. The van der Waals surface area contributed by atoms with E-state index in [0.717, 1.165) is 37.3 Å². The van der Waals surface area contributed by atoms with Gasteiger partial charge in [0, 0.05) is 19.6 Å². The molecule has 1 amide bonds. The maximum Gasteiger partial charge on any atom is 0.359 e. The Bertz CT molecular complexity index is 1020. The number of esters is 1. The Morgan fingerprint density at radius 1 is 1.13 bits per heavy atom. The second-order valence-electron chi connectivity index (χ2n) is 7.25. The van der Waals surface area contributed by atoms with E-state index in [-0.39, 0.29) is 10.6 Å².